The minimum atomic E-state index is -0.621. The second-order valence-corrected chi connectivity index (χ2v) is 5.45. The first-order chi connectivity index (χ1) is 8.68. The molecule has 1 aromatic heterocycles. The fraction of sp³-hybridized carbons (Fsp3) is 0.786. The zero-order valence-electron chi connectivity index (χ0n) is 11.1. The minimum absolute atomic E-state index is 0.287. The van der Waals surface area contributed by atoms with E-state index in [2.05, 4.69) is 4.98 Å². The topological polar surface area (TPSA) is 58.3 Å². The van der Waals surface area contributed by atoms with Gasteiger partial charge in [-0.1, -0.05) is 19.3 Å². The lowest BCUT2D eigenvalue weighted by atomic mass is 9.82. The van der Waals surface area contributed by atoms with E-state index in [1.54, 1.807) is 6.20 Å². The van der Waals surface area contributed by atoms with Crippen molar-refractivity contribution in [2.45, 2.75) is 57.2 Å². The van der Waals surface area contributed by atoms with Crippen LogP contribution in [0.2, 0.25) is 0 Å². The lowest BCUT2D eigenvalue weighted by Crippen LogP contribution is -2.35. The number of rotatable bonds is 5. The highest BCUT2D eigenvalue weighted by atomic mass is 16.3. The molecule has 1 aliphatic carbocycles. The van der Waals surface area contributed by atoms with E-state index < -0.39 is 12.2 Å². The number of aromatic nitrogens is 2. The molecule has 1 aromatic rings. The number of hydrogen-bond donors (Lipinski definition) is 2. The van der Waals surface area contributed by atoms with Crippen LogP contribution in [-0.2, 0) is 13.5 Å². The van der Waals surface area contributed by atoms with E-state index in [9.17, 15) is 10.2 Å². The van der Waals surface area contributed by atoms with Gasteiger partial charge in [-0.3, -0.25) is 0 Å². The van der Waals surface area contributed by atoms with Gasteiger partial charge in [0, 0.05) is 25.9 Å². The zero-order valence-corrected chi connectivity index (χ0v) is 11.1. The predicted octanol–water partition coefficient (Wildman–Crippen LogP) is 1.65. The van der Waals surface area contributed by atoms with Crippen LogP contribution < -0.4 is 0 Å². The van der Waals surface area contributed by atoms with Gasteiger partial charge < -0.3 is 14.8 Å². The first-order valence-electron chi connectivity index (χ1n) is 7.01. The maximum atomic E-state index is 10.2. The Bertz CT molecular complexity index is 358. The molecule has 1 heterocycles. The molecule has 0 spiro atoms. The molecule has 2 rings (SSSR count). The van der Waals surface area contributed by atoms with Crippen molar-refractivity contribution < 1.29 is 10.2 Å². The number of aliphatic hydroxyl groups is 2. The highest BCUT2D eigenvalue weighted by Gasteiger charge is 2.27. The lowest BCUT2D eigenvalue weighted by molar-refractivity contribution is -0.0305. The Hall–Kier alpha value is -0.870. The van der Waals surface area contributed by atoms with Gasteiger partial charge in [-0.2, -0.15) is 0 Å². The molecule has 2 unspecified atom stereocenters. The van der Waals surface area contributed by atoms with Crippen molar-refractivity contribution in [3.63, 3.8) is 0 Å². The summed E-state index contributed by atoms with van der Waals surface area (Å²) in [6, 6.07) is 0. The smallest absolute Gasteiger partial charge is 0.108 e. The summed E-state index contributed by atoms with van der Waals surface area (Å²) in [6.45, 7) is 0. The van der Waals surface area contributed by atoms with E-state index in [1.807, 2.05) is 17.8 Å². The lowest BCUT2D eigenvalue weighted by Gasteiger charge is -2.29. The monoisotopic (exact) mass is 252 g/mol. The molecule has 0 radical (unpaired) electrons. The third-order valence-corrected chi connectivity index (χ3v) is 4.11. The predicted molar refractivity (Wildman–Crippen MR) is 70.1 cm³/mol. The van der Waals surface area contributed by atoms with Gasteiger partial charge in [0.2, 0.25) is 0 Å². The molecule has 0 aromatic carbocycles. The van der Waals surface area contributed by atoms with Crippen LogP contribution in [0.25, 0.3) is 0 Å². The minimum Gasteiger partial charge on any atom is -0.390 e. The molecule has 0 saturated heterocycles. The second-order valence-electron chi connectivity index (χ2n) is 5.45. The van der Waals surface area contributed by atoms with Gasteiger partial charge in [-0.05, 0) is 25.2 Å². The summed E-state index contributed by atoms with van der Waals surface area (Å²) in [5.41, 5.74) is 0. The van der Waals surface area contributed by atoms with E-state index in [0.29, 0.717) is 12.8 Å². The normalized spacial score (nSPS) is 20.8. The van der Waals surface area contributed by atoms with Crippen molar-refractivity contribution >= 4 is 0 Å². The first-order valence-corrected chi connectivity index (χ1v) is 7.01. The molecule has 102 valence electrons. The molecule has 4 nitrogen and oxygen atoms in total. The van der Waals surface area contributed by atoms with Crippen molar-refractivity contribution in [1.82, 2.24) is 9.55 Å². The van der Waals surface area contributed by atoms with Crippen LogP contribution in [0.1, 0.15) is 44.3 Å². The molecule has 0 bridgehead atoms. The summed E-state index contributed by atoms with van der Waals surface area (Å²) in [5, 5.41) is 20.2. The van der Waals surface area contributed by atoms with Crippen LogP contribution in [0.3, 0.4) is 0 Å². The van der Waals surface area contributed by atoms with E-state index in [0.717, 1.165) is 18.7 Å². The van der Waals surface area contributed by atoms with Gasteiger partial charge in [0.15, 0.2) is 0 Å². The number of aliphatic hydroxyl groups excluding tert-OH is 2. The molecule has 0 amide bonds. The molecular formula is C14H24N2O2. The highest BCUT2D eigenvalue weighted by Crippen LogP contribution is 2.28. The largest absolute Gasteiger partial charge is 0.390 e. The number of imidazole rings is 1. The van der Waals surface area contributed by atoms with Crippen molar-refractivity contribution in [1.29, 1.82) is 0 Å². The quantitative estimate of drug-likeness (QED) is 0.838. The Morgan fingerprint density at radius 2 is 2.06 bits per heavy atom. The summed E-state index contributed by atoms with van der Waals surface area (Å²) in [7, 11) is 1.95. The third kappa shape index (κ3) is 3.33. The molecule has 18 heavy (non-hydrogen) atoms. The molecule has 2 N–H and O–H groups in total. The molecular weight excluding hydrogens is 228 g/mol. The Morgan fingerprint density at radius 1 is 1.33 bits per heavy atom. The van der Waals surface area contributed by atoms with E-state index in [-0.39, 0.29) is 5.92 Å². The SMILES string of the molecule is Cn1ccnc1CCC(O)C(O)C1CCCCC1. The van der Waals surface area contributed by atoms with Crippen LogP contribution >= 0.6 is 0 Å². The second kappa shape index (κ2) is 6.34. The van der Waals surface area contributed by atoms with Crippen LogP contribution in [-0.4, -0.2) is 32.0 Å². The van der Waals surface area contributed by atoms with E-state index >= 15 is 0 Å². The summed E-state index contributed by atoms with van der Waals surface area (Å²) in [6.07, 6.45) is 9.54. The van der Waals surface area contributed by atoms with Gasteiger partial charge in [0.1, 0.15) is 5.82 Å². The van der Waals surface area contributed by atoms with Gasteiger partial charge in [0.05, 0.1) is 12.2 Å². The number of nitrogens with zero attached hydrogens (tertiary/aromatic N) is 2. The summed E-state index contributed by atoms with van der Waals surface area (Å²) in [4.78, 5) is 4.23. The molecule has 4 heteroatoms. The van der Waals surface area contributed by atoms with Gasteiger partial charge in [-0.25, -0.2) is 4.98 Å². The van der Waals surface area contributed by atoms with Crippen molar-refractivity contribution in [2.24, 2.45) is 13.0 Å². The Kier molecular flexibility index (Phi) is 4.78. The van der Waals surface area contributed by atoms with Crippen LogP contribution in [0.15, 0.2) is 12.4 Å². The molecule has 1 saturated carbocycles. The Morgan fingerprint density at radius 3 is 2.67 bits per heavy atom. The number of aryl methyl sites for hydroxylation is 2. The molecule has 1 aliphatic rings. The van der Waals surface area contributed by atoms with Gasteiger partial charge >= 0.3 is 0 Å². The fourth-order valence-electron chi connectivity index (χ4n) is 2.87. The van der Waals surface area contributed by atoms with Crippen LogP contribution in [0.4, 0.5) is 0 Å². The molecule has 2 atom stereocenters. The maximum Gasteiger partial charge on any atom is 0.108 e. The van der Waals surface area contributed by atoms with Gasteiger partial charge in [0.25, 0.3) is 0 Å². The summed E-state index contributed by atoms with van der Waals surface area (Å²) >= 11 is 0. The number of hydrogen-bond acceptors (Lipinski definition) is 3. The zero-order chi connectivity index (χ0) is 13.0. The fourth-order valence-corrected chi connectivity index (χ4v) is 2.87. The summed E-state index contributed by atoms with van der Waals surface area (Å²) in [5.74, 6) is 1.25. The maximum absolute atomic E-state index is 10.2. The Labute approximate surface area is 109 Å². The van der Waals surface area contributed by atoms with Crippen molar-refractivity contribution in [3.05, 3.63) is 18.2 Å². The van der Waals surface area contributed by atoms with Crippen LogP contribution in [0.5, 0.6) is 0 Å². The summed E-state index contributed by atoms with van der Waals surface area (Å²) < 4.78 is 1.96. The van der Waals surface area contributed by atoms with Gasteiger partial charge in [-0.15, -0.1) is 0 Å². The Balaban J connectivity index is 1.79. The van der Waals surface area contributed by atoms with E-state index in [4.69, 9.17) is 0 Å². The highest BCUT2D eigenvalue weighted by molar-refractivity contribution is 4.92. The van der Waals surface area contributed by atoms with Crippen molar-refractivity contribution in [3.8, 4) is 0 Å². The first kappa shape index (κ1) is 13.6. The average molecular weight is 252 g/mol. The molecule has 0 aliphatic heterocycles. The van der Waals surface area contributed by atoms with Crippen LogP contribution in [0, 0.1) is 5.92 Å². The average Bonchev–Trinajstić information content (AvgIpc) is 2.81. The standard InChI is InChI=1S/C14H24N2O2/c1-16-10-9-15-13(16)8-7-12(17)14(18)11-5-3-2-4-6-11/h9-12,14,17-18H,2-8H2,1H3. The van der Waals surface area contributed by atoms with E-state index in [1.165, 1.54) is 19.3 Å². The molecule has 1 fully saturated rings. The van der Waals surface area contributed by atoms with Crippen molar-refractivity contribution in [2.75, 3.05) is 0 Å². The third-order valence-electron chi connectivity index (χ3n) is 4.11.